The van der Waals surface area contributed by atoms with E-state index in [4.69, 9.17) is 0 Å². The summed E-state index contributed by atoms with van der Waals surface area (Å²) in [5.41, 5.74) is 1.60. The maximum absolute atomic E-state index is 13.4. The minimum atomic E-state index is -1.000. The molecule has 0 bridgehead atoms. The Balaban J connectivity index is 1.14. The fraction of sp³-hybridized carbons (Fsp3) is 0.375. The molecule has 1 saturated heterocycles. The van der Waals surface area contributed by atoms with Gasteiger partial charge in [-0.25, -0.2) is 13.8 Å². The third-order valence-corrected chi connectivity index (χ3v) is 6.04. The number of likely N-dealkylation sites (tertiary alicyclic amines) is 1. The van der Waals surface area contributed by atoms with Gasteiger partial charge in [-0.2, -0.15) is 0 Å². The monoisotopic (exact) mass is 440 g/mol. The van der Waals surface area contributed by atoms with Crippen molar-refractivity contribution in [3.63, 3.8) is 0 Å². The number of pyridine rings is 1. The minimum Gasteiger partial charge on any atom is -0.352 e. The molecule has 0 spiro atoms. The molecule has 1 N–H and O–H groups in total. The molecule has 32 heavy (non-hydrogen) atoms. The normalized spacial score (nSPS) is 14.6. The summed E-state index contributed by atoms with van der Waals surface area (Å²) in [6, 6.07) is 6.87. The molecule has 168 valence electrons. The van der Waals surface area contributed by atoms with Gasteiger partial charge in [0.1, 0.15) is 5.65 Å². The van der Waals surface area contributed by atoms with Crippen molar-refractivity contribution in [3.8, 4) is 0 Å². The zero-order chi connectivity index (χ0) is 22.5. The van der Waals surface area contributed by atoms with Gasteiger partial charge in [-0.1, -0.05) is 12.8 Å². The zero-order valence-electron chi connectivity index (χ0n) is 17.8. The minimum absolute atomic E-state index is 0.0929. The van der Waals surface area contributed by atoms with Gasteiger partial charge in [0.25, 0.3) is 11.8 Å². The van der Waals surface area contributed by atoms with Crippen LogP contribution in [0.5, 0.6) is 0 Å². The number of piperidine rings is 1. The van der Waals surface area contributed by atoms with Crippen molar-refractivity contribution in [3.05, 3.63) is 71.7 Å². The molecule has 0 unspecified atom stereocenters. The van der Waals surface area contributed by atoms with Gasteiger partial charge in [-0.3, -0.25) is 9.59 Å². The van der Waals surface area contributed by atoms with Crippen LogP contribution in [-0.4, -0.2) is 45.7 Å². The Bertz CT molecular complexity index is 1110. The van der Waals surface area contributed by atoms with Crippen molar-refractivity contribution in [1.82, 2.24) is 19.6 Å². The van der Waals surface area contributed by atoms with Gasteiger partial charge >= 0.3 is 0 Å². The lowest BCUT2D eigenvalue weighted by molar-refractivity contribution is 0.0685. The number of aromatic nitrogens is 2. The van der Waals surface area contributed by atoms with E-state index in [0.29, 0.717) is 31.1 Å². The summed E-state index contributed by atoms with van der Waals surface area (Å²) in [4.78, 5) is 30.7. The van der Waals surface area contributed by atoms with Crippen molar-refractivity contribution < 1.29 is 18.4 Å². The van der Waals surface area contributed by atoms with Gasteiger partial charge in [0, 0.05) is 43.8 Å². The van der Waals surface area contributed by atoms with Crippen LogP contribution in [0.15, 0.2) is 48.9 Å². The molecular weight excluding hydrogens is 414 g/mol. The van der Waals surface area contributed by atoms with Crippen LogP contribution in [0.2, 0.25) is 0 Å². The first kappa shape index (κ1) is 21.9. The maximum atomic E-state index is 13.4. The number of hydrogen-bond donors (Lipinski definition) is 1. The summed E-state index contributed by atoms with van der Waals surface area (Å²) in [6.45, 7) is 1.86. The molecule has 0 atom stereocenters. The van der Waals surface area contributed by atoms with Crippen LogP contribution in [0.1, 0.15) is 52.8 Å². The van der Waals surface area contributed by atoms with Crippen LogP contribution in [0, 0.1) is 17.6 Å². The summed E-state index contributed by atoms with van der Waals surface area (Å²) in [7, 11) is 0. The number of imidazole rings is 1. The average molecular weight is 440 g/mol. The Morgan fingerprint density at radius 2 is 1.81 bits per heavy atom. The molecule has 3 heterocycles. The first-order valence-electron chi connectivity index (χ1n) is 11.0. The van der Waals surface area contributed by atoms with E-state index < -0.39 is 11.6 Å². The lowest BCUT2D eigenvalue weighted by Crippen LogP contribution is -2.38. The number of unbranched alkanes of at least 4 members (excludes halogenated alkanes) is 1. The van der Waals surface area contributed by atoms with Gasteiger partial charge in [0.2, 0.25) is 0 Å². The van der Waals surface area contributed by atoms with E-state index in [1.165, 1.54) is 6.07 Å². The molecule has 0 radical (unpaired) electrons. The Labute approximate surface area is 185 Å². The second-order valence-corrected chi connectivity index (χ2v) is 8.23. The summed E-state index contributed by atoms with van der Waals surface area (Å²) in [6.07, 6.45) is 10.0. The van der Waals surface area contributed by atoms with E-state index in [1.807, 2.05) is 16.7 Å². The number of halogens is 2. The van der Waals surface area contributed by atoms with Gasteiger partial charge in [-0.05, 0) is 55.5 Å². The molecule has 6 nitrogen and oxygen atoms in total. The van der Waals surface area contributed by atoms with Gasteiger partial charge in [0.05, 0.1) is 5.56 Å². The van der Waals surface area contributed by atoms with E-state index in [-0.39, 0.29) is 17.4 Å². The van der Waals surface area contributed by atoms with Crippen molar-refractivity contribution in [2.75, 3.05) is 19.6 Å². The molecule has 0 saturated carbocycles. The largest absolute Gasteiger partial charge is 0.352 e. The third kappa shape index (κ3) is 5.12. The van der Waals surface area contributed by atoms with Gasteiger partial charge < -0.3 is 14.6 Å². The van der Waals surface area contributed by atoms with E-state index in [9.17, 15) is 18.4 Å². The maximum Gasteiger partial charge on any atom is 0.253 e. The topological polar surface area (TPSA) is 66.7 Å². The number of amides is 2. The summed E-state index contributed by atoms with van der Waals surface area (Å²) >= 11 is 0. The fourth-order valence-corrected chi connectivity index (χ4v) is 4.15. The molecule has 4 rings (SSSR count). The molecule has 1 aliphatic rings. The van der Waals surface area contributed by atoms with Crippen molar-refractivity contribution in [2.24, 2.45) is 5.92 Å². The predicted molar refractivity (Wildman–Crippen MR) is 116 cm³/mol. The average Bonchev–Trinajstić information content (AvgIpc) is 3.28. The molecule has 2 aromatic heterocycles. The standard InChI is InChI=1S/C24H26F2N4O2/c25-20-6-4-18(15-21(20)26)24(32)29-12-8-17(9-13-29)3-1-2-10-28-23(31)19-5-7-22-27-11-14-30(22)16-19/h4-7,11,14-17H,1-3,8-10,12-13H2,(H,28,31). The Hall–Kier alpha value is -3.29. The Morgan fingerprint density at radius 3 is 2.59 bits per heavy atom. The number of carbonyl (C=O) groups excluding carboxylic acids is 2. The van der Waals surface area contributed by atoms with Crippen LogP contribution in [0.4, 0.5) is 8.78 Å². The van der Waals surface area contributed by atoms with Crippen LogP contribution < -0.4 is 5.32 Å². The molecule has 1 aliphatic heterocycles. The fourth-order valence-electron chi connectivity index (χ4n) is 4.15. The highest BCUT2D eigenvalue weighted by molar-refractivity contribution is 5.94. The van der Waals surface area contributed by atoms with Crippen LogP contribution in [0.3, 0.4) is 0 Å². The SMILES string of the molecule is O=C(NCCCCC1CCN(C(=O)c2ccc(F)c(F)c2)CC1)c1ccc2nccn2c1. The van der Waals surface area contributed by atoms with E-state index in [0.717, 1.165) is 49.9 Å². The molecule has 3 aromatic rings. The number of rotatable bonds is 7. The van der Waals surface area contributed by atoms with Crippen molar-refractivity contribution >= 4 is 17.5 Å². The number of benzene rings is 1. The smallest absolute Gasteiger partial charge is 0.253 e. The Kier molecular flexibility index (Phi) is 6.78. The highest BCUT2D eigenvalue weighted by atomic mass is 19.2. The molecule has 1 fully saturated rings. The van der Waals surface area contributed by atoms with Crippen LogP contribution in [0.25, 0.3) is 5.65 Å². The number of hydrogen-bond acceptors (Lipinski definition) is 3. The molecule has 1 aromatic carbocycles. The number of nitrogens with zero attached hydrogens (tertiary/aromatic N) is 3. The quantitative estimate of drug-likeness (QED) is 0.564. The highest BCUT2D eigenvalue weighted by Gasteiger charge is 2.24. The summed E-state index contributed by atoms with van der Waals surface area (Å²) in [5, 5.41) is 2.96. The van der Waals surface area contributed by atoms with Gasteiger partial charge in [-0.15, -0.1) is 0 Å². The van der Waals surface area contributed by atoms with Crippen LogP contribution >= 0.6 is 0 Å². The Morgan fingerprint density at radius 1 is 1.03 bits per heavy atom. The number of carbonyl (C=O) groups is 2. The predicted octanol–water partition coefficient (Wildman–Crippen LogP) is 4.07. The number of fused-ring (bicyclic) bond motifs is 1. The van der Waals surface area contributed by atoms with E-state index >= 15 is 0 Å². The van der Waals surface area contributed by atoms with E-state index in [2.05, 4.69) is 10.3 Å². The third-order valence-electron chi connectivity index (χ3n) is 6.04. The van der Waals surface area contributed by atoms with Crippen LogP contribution in [-0.2, 0) is 0 Å². The molecule has 0 aliphatic carbocycles. The first-order valence-corrected chi connectivity index (χ1v) is 11.0. The molecule has 2 amide bonds. The lowest BCUT2D eigenvalue weighted by Gasteiger charge is -2.32. The lowest BCUT2D eigenvalue weighted by atomic mass is 9.91. The number of nitrogens with one attached hydrogen (secondary N) is 1. The second-order valence-electron chi connectivity index (χ2n) is 8.23. The zero-order valence-corrected chi connectivity index (χ0v) is 17.8. The second kappa shape index (κ2) is 9.89. The molecular formula is C24H26F2N4O2. The first-order chi connectivity index (χ1) is 15.5. The molecule has 8 heteroatoms. The van der Waals surface area contributed by atoms with Crippen molar-refractivity contribution in [2.45, 2.75) is 32.1 Å². The van der Waals surface area contributed by atoms with E-state index in [1.54, 1.807) is 23.4 Å². The highest BCUT2D eigenvalue weighted by Crippen LogP contribution is 2.24. The van der Waals surface area contributed by atoms with Gasteiger partial charge in [0.15, 0.2) is 11.6 Å². The van der Waals surface area contributed by atoms with Crippen molar-refractivity contribution in [1.29, 1.82) is 0 Å². The summed E-state index contributed by atoms with van der Waals surface area (Å²) < 4.78 is 28.3. The summed E-state index contributed by atoms with van der Waals surface area (Å²) in [5.74, 6) is -1.76.